The molecule has 0 radical (unpaired) electrons. The van der Waals surface area contributed by atoms with Crippen LogP contribution in [0.5, 0.6) is 5.75 Å². The van der Waals surface area contributed by atoms with E-state index in [4.69, 9.17) is 4.74 Å². The zero-order chi connectivity index (χ0) is 13.7. The van der Waals surface area contributed by atoms with Crippen LogP contribution in [0.15, 0.2) is 36.0 Å². The normalized spacial score (nSPS) is 12.1. The number of nitrogens with zero attached hydrogens (tertiary/aromatic N) is 1. The zero-order valence-electron chi connectivity index (χ0n) is 10.6. The molecule has 0 saturated carbocycles. The quantitative estimate of drug-likeness (QED) is 0.881. The van der Waals surface area contributed by atoms with Gasteiger partial charge in [-0.1, -0.05) is 12.1 Å². The van der Waals surface area contributed by atoms with E-state index < -0.39 is 11.9 Å². The van der Waals surface area contributed by atoms with E-state index in [9.17, 15) is 9.90 Å². The Morgan fingerprint density at radius 2 is 2.11 bits per heavy atom. The third kappa shape index (κ3) is 3.79. The summed E-state index contributed by atoms with van der Waals surface area (Å²) in [5.74, 6) is -0.420. The maximum Gasteiger partial charge on any atom is 0.307 e. The van der Waals surface area contributed by atoms with E-state index in [0.717, 1.165) is 16.2 Å². The molecular formula is C14H15NO3S. The predicted molar refractivity (Wildman–Crippen MR) is 73.6 cm³/mol. The van der Waals surface area contributed by atoms with Crippen molar-refractivity contribution < 1.29 is 14.6 Å². The number of rotatable bonds is 6. The van der Waals surface area contributed by atoms with Gasteiger partial charge in [-0.25, -0.2) is 0 Å². The average molecular weight is 277 g/mol. The molecule has 1 unspecified atom stereocenters. The Labute approximate surface area is 115 Å². The lowest BCUT2D eigenvalue weighted by molar-refractivity contribution is -0.141. The van der Waals surface area contributed by atoms with E-state index in [-0.39, 0.29) is 0 Å². The van der Waals surface area contributed by atoms with Crippen LogP contribution in [0.2, 0.25) is 0 Å². The zero-order valence-corrected chi connectivity index (χ0v) is 11.4. The van der Waals surface area contributed by atoms with Crippen LogP contribution in [-0.4, -0.2) is 23.2 Å². The molecule has 1 heterocycles. The van der Waals surface area contributed by atoms with Gasteiger partial charge in [0.25, 0.3) is 0 Å². The highest BCUT2D eigenvalue weighted by Crippen LogP contribution is 2.19. The van der Waals surface area contributed by atoms with E-state index in [1.807, 2.05) is 24.3 Å². The molecule has 1 aromatic heterocycles. The van der Waals surface area contributed by atoms with E-state index in [1.165, 1.54) is 11.3 Å². The monoisotopic (exact) mass is 277 g/mol. The Morgan fingerprint density at radius 3 is 2.63 bits per heavy atom. The molecule has 4 nitrogen and oxygen atoms in total. The summed E-state index contributed by atoms with van der Waals surface area (Å²) in [6.07, 6.45) is 2.76. The summed E-state index contributed by atoms with van der Waals surface area (Å²) in [7, 11) is 1.61. The first-order valence-electron chi connectivity index (χ1n) is 5.92. The highest BCUT2D eigenvalue weighted by Gasteiger charge is 2.19. The van der Waals surface area contributed by atoms with Crippen molar-refractivity contribution in [3.63, 3.8) is 0 Å². The standard InChI is InChI=1S/C14H15NO3S/c1-18-12-4-2-10(3-5-12)6-11(14(16)17)7-13-8-15-9-19-13/h2-5,8-9,11H,6-7H2,1H3,(H,16,17). The number of carboxylic acid groups (broad SMARTS) is 1. The third-order valence-electron chi connectivity index (χ3n) is 2.92. The number of aromatic nitrogens is 1. The van der Waals surface area contributed by atoms with Crippen molar-refractivity contribution >= 4 is 17.3 Å². The number of benzene rings is 1. The van der Waals surface area contributed by atoms with Gasteiger partial charge in [0.15, 0.2) is 0 Å². The summed E-state index contributed by atoms with van der Waals surface area (Å²) in [6.45, 7) is 0. The molecule has 5 heteroatoms. The lowest BCUT2D eigenvalue weighted by Crippen LogP contribution is -2.18. The predicted octanol–water partition coefficient (Wildman–Crippen LogP) is 2.64. The van der Waals surface area contributed by atoms with Crippen molar-refractivity contribution in [1.29, 1.82) is 0 Å². The largest absolute Gasteiger partial charge is 0.497 e. The molecule has 2 rings (SSSR count). The fraction of sp³-hybridized carbons (Fsp3) is 0.286. The van der Waals surface area contributed by atoms with Crippen molar-refractivity contribution in [2.24, 2.45) is 5.92 Å². The minimum atomic E-state index is -0.774. The second-order valence-corrected chi connectivity index (χ2v) is 5.23. The maximum absolute atomic E-state index is 11.3. The number of hydrogen-bond donors (Lipinski definition) is 1. The number of aliphatic carboxylic acids is 1. The molecule has 1 aromatic carbocycles. The summed E-state index contributed by atoms with van der Waals surface area (Å²) in [5.41, 5.74) is 2.72. The van der Waals surface area contributed by atoms with Crippen molar-refractivity contribution in [1.82, 2.24) is 4.98 Å². The highest BCUT2D eigenvalue weighted by atomic mass is 32.1. The Morgan fingerprint density at radius 1 is 1.37 bits per heavy atom. The van der Waals surface area contributed by atoms with Crippen LogP contribution >= 0.6 is 11.3 Å². The van der Waals surface area contributed by atoms with E-state index in [0.29, 0.717) is 12.8 Å². The molecular weight excluding hydrogens is 262 g/mol. The van der Waals surface area contributed by atoms with E-state index >= 15 is 0 Å². The molecule has 0 bridgehead atoms. The Kier molecular flexibility index (Phi) is 4.52. The van der Waals surface area contributed by atoms with Gasteiger partial charge in [0, 0.05) is 11.1 Å². The molecule has 0 fully saturated rings. The molecule has 0 aliphatic carbocycles. The SMILES string of the molecule is COc1ccc(CC(Cc2cncs2)C(=O)O)cc1. The van der Waals surface area contributed by atoms with Crippen molar-refractivity contribution in [2.75, 3.05) is 7.11 Å². The van der Waals surface area contributed by atoms with Crippen molar-refractivity contribution in [3.8, 4) is 5.75 Å². The number of carboxylic acids is 1. The molecule has 0 amide bonds. The Hall–Kier alpha value is -1.88. The lowest BCUT2D eigenvalue weighted by atomic mass is 9.96. The van der Waals surface area contributed by atoms with Crippen LogP contribution < -0.4 is 4.74 Å². The van der Waals surface area contributed by atoms with E-state index in [2.05, 4.69) is 4.98 Å². The van der Waals surface area contributed by atoms with Gasteiger partial charge in [0.1, 0.15) is 5.75 Å². The van der Waals surface area contributed by atoms with Gasteiger partial charge < -0.3 is 9.84 Å². The fourth-order valence-corrected chi connectivity index (χ4v) is 2.55. The molecule has 0 saturated heterocycles. The molecule has 1 atom stereocenters. The summed E-state index contributed by atoms with van der Waals surface area (Å²) >= 11 is 1.49. The summed E-state index contributed by atoms with van der Waals surface area (Å²) in [5, 5.41) is 9.29. The third-order valence-corrected chi connectivity index (χ3v) is 3.72. The summed E-state index contributed by atoms with van der Waals surface area (Å²) < 4.78 is 5.08. The van der Waals surface area contributed by atoms with Crippen LogP contribution in [0.3, 0.4) is 0 Å². The Balaban J connectivity index is 2.05. The summed E-state index contributed by atoms with van der Waals surface area (Å²) in [6, 6.07) is 7.50. The Bertz CT molecular complexity index is 522. The molecule has 0 spiro atoms. The van der Waals surface area contributed by atoms with E-state index in [1.54, 1.807) is 18.8 Å². The molecule has 19 heavy (non-hydrogen) atoms. The van der Waals surface area contributed by atoms with Gasteiger partial charge in [-0.3, -0.25) is 9.78 Å². The van der Waals surface area contributed by atoms with Gasteiger partial charge in [0.2, 0.25) is 0 Å². The van der Waals surface area contributed by atoms with Crippen LogP contribution in [0.1, 0.15) is 10.4 Å². The number of thiazole rings is 1. The van der Waals surface area contributed by atoms with Gasteiger partial charge in [-0.2, -0.15) is 0 Å². The number of hydrogen-bond acceptors (Lipinski definition) is 4. The van der Waals surface area contributed by atoms with Gasteiger partial charge in [0.05, 0.1) is 18.5 Å². The first-order valence-corrected chi connectivity index (χ1v) is 6.80. The second-order valence-electron chi connectivity index (χ2n) is 4.26. The average Bonchev–Trinajstić information content (AvgIpc) is 2.91. The molecule has 2 aromatic rings. The molecule has 0 aliphatic rings. The minimum absolute atomic E-state index is 0.422. The topological polar surface area (TPSA) is 59.4 Å². The van der Waals surface area contributed by atoms with Crippen LogP contribution in [-0.2, 0) is 17.6 Å². The minimum Gasteiger partial charge on any atom is -0.497 e. The maximum atomic E-state index is 11.3. The number of ether oxygens (including phenoxy) is 1. The first kappa shape index (κ1) is 13.5. The molecule has 1 N–H and O–H groups in total. The van der Waals surface area contributed by atoms with Crippen LogP contribution in [0.4, 0.5) is 0 Å². The van der Waals surface area contributed by atoms with Crippen molar-refractivity contribution in [2.45, 2.75) is 12.8 Å². The second kappa shape index (κ2) is 6.33. The number of carbonyl (C=O) groups is 1. The number of methoxy groups -OCH3 is 1. The smallest absolute Gasteiger partial charge is 0.307 e. The molecule has 100 valence electrons. The van der Waals surface area contributed by atoms with Crippen LogP contribution in [0.25, 0.3) is 0 Å². The highest BCUT2D eigenvalue weighted by molar-refractivity contribution is 7.09. The van der Waals surface area contributed by atoms with Gasteiger partial charge in [-0.05, 0) is 30.5 Å². The van der Waals surface area contributed by atoms with Gasteiger partial charge >= 0.3 is 5.97 Å². The first-order chi connectivity index (χ1) is 9.19. The lowest BCUT2D eigenvalue weighted by Gasteiger charge is -2.11. The summed E-state index contributed by atoms with van der Waals surface area (Å²) in [4.78, 5) is 16.3. The van der Waals surface area contributed by atoms with Crippen molar-refractivity contribution in [3.05, 3.63) is 46.4 Å². The molecule has 0 aliphatic heterocycles. The fourth-order valence-electron chi connectivity index (χ4n) is 1.88. The van der Waals surface area contributed by atoms with Crippen LogP contribution in [0, 0.1) is 5.92 Å². The van der Waals surface area contributed by atoms with Gasteiger partial charge in [-0.15, -0.1) is 11.3 Å².